The molecule has 1 saturated heterocycles. The highest BCUT2D eigenvalue weighted by Gasteiger charge is 2.62. The fraction of sp³-hybridized carbons (Fsp3) is 0.500. The van der Waals surface area contributed by atoms with E-state index in [1.807, 2.05) is 30.3 Å². The second-order valence-electron chi connectivity index (χ2n) is 6.18. The molecule has 2 fully saturated rings. The number of likely N-dealkylation sites (tertiary alicyclic amines) is 1. The molecule has 0 N–H and O–H groups in total. The molecule has 1 amide bonds. The van der Waals surface area contributed by atoms with Crippen LogP contribution >= 0.6 is 0 Å². The summed E-state index contributed by atoms with van der Waals surface area (Å²) < 4.78 is 10.3. The van der Waals surface area contributed by atoms with Gasteiger partial charge in [-0.2, -0.15) is 0 Å². The van der Waals surface area contributed by atoms with Gasteiger partial charge in [-0.1, -0.05) is 30.3 Å². The normalized spacial score (nSPS) is 21.5. The van der Waals surface area contributed by atoms with E-state index >= 15 is 0 Å². The largest absolute Gasteiger partial charge is 0.465 e. The molecule has 0 bridgehead atoms. The summed E-state index contributed by atoms with van der Waals surface area (Å²) in [5.41, 5.74) is 0.0344. The number of carbonyl (C=O) groups excluding carboxylic acids is 3. The Kier molecular flexibility index (Phi) is 4.55. The third kappa shape index (κ3) is 3.00. The second kappa shape index (κ2) is 6.63. The topological polar surface area (TPSA) is 72.9 Å². The van der Waals surface area contributed by atoms with Crippen molar-refractivity contribution in [3.63, 3.8) is 0 Å². The highest BCUT2D eigenvalue weighted by Crippen LogP contribution is 2.48. The summed E-state index contributed by atoms with van der Waals surface area (Å²) in [6.07, 6.45) is 0.969. The van der Waals surface area contributed by atoms with Gasteiger partial charge in [-0.25, -0.2) is 4.79 Å². The van der Waals surface area contributed by atoms with Crippen molar-refractivity contribution < 1.29 is 23.9 Å². The van der Waals surface area contributed by atoms with Gasteiger partial charge in [-0.05, 0) is 31.7 Å². The van der Waals surface area contributed by atoms with E-state index in [4.69, 9.17) is 9.47 Å². The molecule has 6 heteroatoms. The Morgan fingerprint density at radius 1 is 1.21 bits per heavy atom. The van der Waals surface area contributed by atoms with Gasteiger partial charge < -0.3 is 9.47 Å². The van der Waals surface area contributed by atoms with Gasteiger partial charge in [0.05, 0.1) is 6.61 Å². The number of ether oxygens (including phenoxy) is 2. The smallest absolute Gasteiger partial charge is 0.410 e. The Labute approximate surface area is 140 Å². The van der Waals surface area contributed by atoms with E-state index in [1.165, 1.54) is 4.90 Å². The van der Waals surface area contributed by atoms with Crippen molar-refractivity contribution in [2.24, 2.45) is 5.92 Å². The standard InChI is InChI=1S/C18H21NO5/c1-2-23-16(21)14-8-11-19(18(9-10-18)15(14)20)17(22)24-12-13-6-4-3-5-7-13/h3-7,14H,2,8-12H2,1H3. The third-order valence-electron chi connectivity index (χ3n) is 4.65. The number of amides is 1. The summed E-state index contributed by atoms with van der Waals surface area (Å²) >= 11 is 0. The molecule has 0 aromatic heterocycles. The maximum atomic E-state index is 12.7. The number of esters is 1. The number of hydrogen-bond acceptors (Lipinski definition) is 5. The number of piperidine rings is 1. The summed E-state index contributed by atoms with van der Waals surface area (Å²) in [4.78, 5) is 38.5. The fourth-order valence-electron chi connectivity index (χ4n) is 3.23. The summed E-state index contributed by atoms with van der Waals surface area (Å²) in [5, 5.41) is 0. The maximum Gasteiger partial charge on any atom is 0.410 e. The number of ketones is 1. The van der Waals surface area contributed by atoms with Crippen LogP contribution in [0.4, 0.5) is 4.79 Å². The number of Topliss-reactive ketones (excluding diaryl/α,β-unsaturated/α-hetero) is 1. The molecule has 1 aromatic carbocycles. The van der Waals surface area contributed by atoms with Crippen LogP contribution in [0.3, 0.4) is 0 Å². The molecule has 128 valence electrons. The van der Waals surface area contributed by atoms with Crippen molar-refractivity contribution >= 4 is 17.8 Å². The van der Waals surface area contributed by atoms with Gasteiger partial charge in [0, 0.05) is 6.54 Å². The van der Waals surface area contributed by atoms with Crippen LogP contribution in [-0.2, 0) is 25.7 Å². The predicted molar refractivity (Wildman–Crippen MR) is 85.0 cm³/mol. The van der Waals surface area contributed by atoms with E-state index in [0.29, 0.717) is 25.8 Å². The van der Waals surface area contributed by atoms with Gasteiger partial charge in [0.15, 0.2) is 5.78 Å². The molecule has 1 atom stereocenters. The summed E-state index contributed by atoms with van der Waals surface area (Å²) in [6, 6.07) is 9.39. The van der Waals surface area contributed by atoms with Crippen molar-refractivity contribution in [3.05, 3.63) is 35.9 Å². The first-order valence-corrected chi connectivity index (χ1v) is 8.28. The molecule has 1 aliphatic heterocycles. The number of benzene rings is 1. The van der Waals surface area contributed by atoms with E-state index in [2.05, 4.69) is 0 Å². The molecular weight excluding hydrogens is 310 g/mol. The number of hydrogen-bond donors (Lipinski definition) is 0. The fourth-order valence-corrected chi connectivity index (χ4v) is 3.23. The Balaban J connectivity index is 1.64. The van der Waals surface area contributed by atoms with Crippen LogP contribution in [0.15, 0.2) is 30.3 Å². The van der Waals surface area contributed by atoms with E-state index in [-0.39, 0.29) is 19.0 Å². The van der Waals surface area contributed by atoms with Gasteiger partial charge in [-0.15, -0.1) is 0 Å². The van der Waals surface area contributed by atoms with Crippen LogP contribution < -0.4 is 0 Å². The lowest BCUT2D eigenvalue weighted by atomic mass is 9.87. The molecular formula is C18H21NO5. The molecule has 1 saturated carbocycles. The number of nitrogens with zero attached hydrogens (tertiary/aromatic N) is 1. The first-order valence-electron chi connectivity index (χ1n) is 8.28. The molecule has 24 heavy (non-hydrogen) atoms. The monoisotopic (exact) mass is 331 g/mol. The third-order valence-corrected chi connectivity index (χ3v) is 4.65. The van der Waals surface area contributed by atoms with Crippen LogP contribution in [0.1, 0.15) is 31.7 Å². The van der Waals surface area contributed by atoms with Crippen molar-refractivity contribution in [2.75, 3.05) is 13.2 Å². The first kappa shape index (κ1) is 16.5. The summed E-state index contributed by atoms with van der Waals surface area (Å²) in [6.45, 7) is 2.47. The van der Waals surface area contributed by atoms with Crippen LogP contribution in [-0.4, -0.2) is 41.4 Å². The van der Waals surface area contributed by atoms with Crippen LogP contribution in [0.25, 0.3) is 0 Å². The van der Waals surface area contributed by atoms with E-state index < -0.39 is 23.5 Å². The van der Waals surface area contributed by atoms with Gasteiger partial charge in [-0.3, -0.25) is 14.5 Å². The minimum absolute atomic E-state index is 0.168. The van der Waals surface area contributed by atoms with Crippen LogP contribution in [0, 0.1) is 5.92 Å². The minimum Gasteiger partial charge on any atom is -0.465 e. The molecule has 1 spiro atoms. The Morgan fingerprint density at radius 3 is 2.54 bits per heavy atom. The zero-order chi connectivity index (χ0) is 17.2. The van der Waals surface area contributed by atoms with Crippen molar-refractivity contribution in [2.45, 2.75) is 38.3 Å². The highest BCUT2D eigenvalue weighted by molar-refractivity contribution is 6.07. The average molecular weight is 331 g/mol. The van der Waals surface area contributed by atoms with E-state index in [9.17, 15) is 14.4 Å². The van der Waals surface area contributed by atoms with E-state index in [1.54, 1.807) is 6.92 Å². The highest BCUT2D eigenvalue weighted by atomic mass is 16.6. The van der Waals surface area contributed by atoms with Crippen LogP contribution in [0.5, 0.6) is 0 Å². The molecule has 1 aliphatic carbocycles. The summed E-state index contributed by atoms with van der Waals surface area (Å²) in [5.74, 6) is -1.44. The van der Waals surface area contributed by atoms with Gasteiger partial charge in [0.25, 0.3) is 0 Å². The van der Waals surface area contributed by atoms with Gasteiger partial charge in [0.1, 0.15) is 18.1 Å². The molecule has 0 radical (unpaired) electrons. The van der Waals surface area contributed by atoms with Gasteiger partial charge >= 0.3 is 12.1 Å². The predicted octanol–water partition coefficient (Wildman–Crippen LogP) is 2.31. The molecule has 1 unspecified atom stereocenters. The zero-order valence-corrected chi connectivity index (χ0v) is 13.7. The SMILES string of the molecule is CCOC(=O)C1CCN(C(=O)OCc2ccccc2)C2(CC2)C1=O. The number of rotatable bonds is 4. The first-order chi connectivity index (χ1) is 11.6. The zero-order valence-electron chi connectivity index (χ0n) is 13.7. The second-order valence-corrected chi connectivity index (χ2v) is 6.18. The summed E-state index contributed by atoms with van der Waals surface area (Å²) in [7, 11) is 0. The van der Waals surface area contributed by atoms with Crippen molar-refractivity contribution in [1.29, 1.82) is 0 Å². The number of carbonyl (C=O) groups is 3. The lowest BCUT2D eigenvalue weighted by Gasteiger charge is -2.37. The van der Waals surface area contributed by atoms with Crippen molar-refractivity contribution in [3.8, 4) is 0 Å². The van der Waals surface area contributed by atoms with E-state index in [0.717, 1.165) is 5.56 Å². The molecule has 1 heterocycles. The Bertz CT molecular complexity index is 638. The lowest BCUT2D eigenvalue weighted by Crippen LogP contribution is -2.56. The molecule has 2 aliphatic rings. The quantitative estimate of drug-likeness (QED) is 0.625. The maximum absolute atomic E-state index is 12.7. The van der Waals surface area contributed by atoms with Crippen molar-refractivity contribution in [1.82, 2.24) is 4.90 Å². The van der Waals surface area contributed by atoms with Gasteiger partial charge in [0.2, 0.25) is 0 Å². The molecule has 3 rings (SSSR count). The Hall–Kier alpha value is -2.37. The van der Waals surface area contributed by atoms with Crippen LogP contribution in [0.2, 0.25) is 0 Å². The lowest BCUT2D eigenvalue weighted by molar-refractivity contribution is -0.156. The average Bonchev–Trinajstić information content (AvgIpc) is 3.38. The molecule has 6 nitrogen and oxygen atoms in total. The Morgan fingerprint density at radius 2 is 1.92 bits per heavy atom. The minimum atomic E-state index is -0.858. The molecule has 1 aromatic rings.